The van der Waals surface area contributed by atoms with Crippen molar-refractivity contribution >= 4 is 22.8 Å². The molecule has 0 radical (unpaired) electrons. The van der Waals surface area contributed by atoms with Crippen LogP contribution >= 0.6 is 11.3 Å². The third kappa shape index (κ3) is 3.42. The summed E-state index contributed by atoms with van der Waals surface area (Å²) in [5.41, 5.74) is -0.00507. The van der Waals surface area contributed by atoms with Crippen LogP contribution in [0.15, 0.2) is 36.4 Å². The first kappa shape index (κ1) is 14.2. The highest BCUT2D eigenvalue weighted by atomic mass is 32.1. The van der Waals surface area contributed by atoms with Gasteiger partial charge >= 0.3 is 0 Å². The van der Waals surface area contributed by atoms with Crippen LogP contribution in [-0.4, -0.2) is 17.3 Å². The predicted molar refractivity (Wildman–Crippen MR) is 76.6 cm³/mol. The lowest BCUT2D eigenvalue weighted by Crippen LogP contribution is -2.10. The Labute approximate surface area is 120 Å². The molecule has 104 valence electrons. The van der Waals surface area contributed by atoms with Crippen molar-refractivity contribution < 1.29 is 14.5 Å². The van der Waals surface area contributed by atoms with Crippen LogP contribution in [0, 0.1) is 10.1 Å². The van der Waals surface area contributed by atoms with Crippen LogP contribution in [0.4, 0.5) is 5.69 Å². The summed E-state index contributed by atoms with van der Waals surface area (Å²) in [5, 5.41) is 10.5. The first-order valence-electron chi connectivity index (χ1n) is 6.09. The molecule has 1 heterocycles. The Hall–Kier alpha value is -2.21. The van der Waals surface area contributed by atoms with E-state index in [-0.39, 0.29) is 18.1 Å². The maximum atomic E-state index is 11.9. The number of rotatable bonds is 6. The van der Waals surface area contributed by atoms with E-state index in [1.807, 2.05) is 13.0 Å². The lowest BCUT2D eigenvalue weighted by molar-refractivity contribution is -0.384. The number of aryl methyl sites for hydroxylation is 1. The Bertz CT molecular complexity index is 618. The molecule has 0 saturated carbocycles. The molecule has 2 rings (SSSR count). The number of nitrogens with zero attached hydrogens (tertiary/aromatic N) is 1. The standard InChI is InChI=1S/C14H13NO4S/c1-2-12-7-8-14(20-12)13(16)9-19-11-5-3-10(4-6-11)15(17)18/h3-8H,2,9H2,1H3. The van der Waals surface area contributed by atoms with Crippen LogP contribution in [-0.2, 0) is 6.42 Å². The van der Waals surface area contributed by atoms with Crippen molar-refractivity contribution in [1.29, 1.82) is 0 Å². The molecule has 0 atom stereocenters. The third-order valence-electron chi connectivity index (χ3n) is 2.70. The normalized spacial score (nSPS) is 10.2. The number of carbonyl (C=O) groups excluding carboxylic acids is 1. The fourth-order valence-electron chi connectivity index (χ4n) is 1.60. The van der Waals surface area contributed by atoms with Crippen molar-refractivity contribution in [2.24, 2.45) is 0 Å². The minimum atomic E-state index is -0.479. The molecule has 0 N–H and O–H groups in total. The van der Waals surface area contributed by atoms with E-state index in [4.69, 9.17) is 4.74 Å². The number of non-ortho nitro benzene ring substituents is 1. The van der Waals surface area contributed by atoms with E-state index in [2.05, 4.69) is 0 Å². The van der Waals surface area contributed by atoms with Gasteiger partial charge in [0.2, 0.25) is 5.78 Å². The van der Waals surface area contributed by atoms with Gasteiger partial charge in [0.15, 0.2) is 6.61 Å². The molecule has 0 amide bonds. The quantitative estimate of drug-likeness (QED) is 0.464. The fourth-order valence-corrected chi connectivity index (χ4v) is 2.47. The molecule has 0 aliphatic rings. The SMILES string of the molecule is CCc1ccc(C(=O)COc2ccc([N+](=O)[O-])cc2)s1. The minimum Gasteiger partial charge on any atom is -0.485 e. The minimum absolute atomic E-state index is 0.00507. The Morgan fingerprint density at radius 1 is 1.25 bits per heavy atom. The van der Waals surface area contributed by atoms with Gasteiger partial charge in [-0.3, -0.25) is 14.9 Å². The predicted octanol–water partition coefficient (Wildman–Crippen LogP) is 3.48. The molecule has 0 bridgehead atoms. The van der Waals surface area contributed by atoms with Crippen molar-refractivity contribution in [3.8, 4) is 5.75 Å². The second kappa shape index (κ2) is 6.29. The number of hydrogen-bond donors (Lipinski definition) is 0. The Kier molecular flexibility index (Phi) is 4.47. The smallest absolute Gasteiger partial charge is 0.269 e. The lowest BCUT2D eigenvalue weighted by Gasteiger charge is -2.03. The van der Waals surface area contributed by atoms with Gasteiger partial charge in [0.05, 0.1) is 9.80 Å². The van der Waals surface area contributed by atoms with E-state index in [9.17, 15) is 14.9 Å². The Morgan fingerprint density at radius 2 is 1.95 bits per heavy atom. The monoisotopic (exact) mass is 291 g/mol. The molecular formula is C14H13NO4S. The molecule has 0 fully saturated rings. The van der Waals surface area contributed by atoms with Gasteiger partial charge in [0, 0.05) is 17.0 Å². The molecule has 0 saturated heterocycles. The largest absolute Gasteiger partial charge is 0.485 e. The zero-order chi connectivity index (χ0) is 14.5. The first-order chi connectivity index (χ1) is 9.60. The lowest BCUT2D eigenvalue weighted by atomic mass is 10.3. The maximum Gasteiger partial charge on any atom is 0.269 e. The third-order valence-corrected chi connectivity index (χ3v) is 3.97. The van der Waals surface area contributed by atoms with Crippen LogP contribution in [0.3, 0.4) is 0 Å². The van der Waals surface area contributed by atoms with E-state index in [0.717, 1.165) is 11.3 Å². The summed E-state index contributed by atoms with van der Waals surface area (Å²) in [6, 6.07) is 9.39. The van der Waals surface area contributed by atoms with Crippen molar-refractivity contribution in [3.63, 3.8) is 0 Å². The first-order valence-corrected chi connectivity index (χ1v) is 6.91. The van der Waals surface area contributed by atoms with Crippen molar-refractivity contribution in [3.05, 3.63) is 56.3 Å². The van der Waals surface area contributed by atoms with E-state index in [1.54, 1.807) is 6.07 Å². The van der Waals surface area contributed by atoms with E-state index >= 15 is 0 Å². The van der Waals surface area contributed by atoms with Gasteiger partial charge in [-0.2, -0.15) is 0 Å². The summed E-state index contributed by atoms with van der Waals surface area (Å²) >= 11 is 1.46. The molecule has 2 aromatic rings. The summed E-state index contributed by atoms with van der Waals surface area (Å²) in [7, 11) is 0. The van der Waals surface area contributed by atoms with Crippen LogP contribution in [0.2, 0.25) is 0 Å². The zero-order valence-corrected chi connectivity index (χ0v) is 11.7. The summed E-state index contributed by atoms with van der Waals surface area (Å²) in [4.78, 5) is 23.8. The molecule has 6 heteroatoms. The van der Waals surface area contributed by atoms with Gasteiger partial charge in [-0.1, -0.05) is 6.92 Å². The number of benzene rings is 1. The average Bonchev–Trinajstić information content (AvgIpc) is 2.94. The highest BCUT2D eigenvalue weighted by molar-refractivity contribution is 7.14. The van der Waals surface area contributed by atoms with Gasteiger partial charge in [0.25, 0.3) is 5.69 Å². The Balaban J connectivity index is 1.94. The van der Waals surface area contributed by atoms with Crippen molar-refractivity contribution in [2.45, 2.75) is 13.3 Å². The molecule has 1 aromatic carbocycles. The number of carbonyl (C=O) groups is 1. The van der Waals surface area contributed by atoms with Gasteiger partial charge in [-0.15, -0.1) is 11.3 Å². The van der Waals surface area contributed by atoms with Crippen LogP contribution in [0.5, 0.6) is 5.75 Å². The highest BCUT2D eigenvalue weighted by Gasteiger charge is 2.10. The van der Waals surface area contributed by atoms with Crippen molar-refractivity contribution in [2.75, 3.05) is 6.61 Å². The van der Waals surface area contributed by atoms with Crippen LogP contribution < -0.4 is 4.74 Å². The second-order valence-electron chi connectivity index (χ2n) is 4.08. The van der Waals surface area contributed by atoms with Crippen LogP contribution in [0.25, 0.3) is 0 Å². The van der Waals surface area contributed by atoms with Crippen LogP contribution in [0.1, 0.15) is 21.5 Å². The molecule has 0 aliphatic heterocycles. The summed E-state index contributed by atoms with van der Waals surface area (Å²) < 4.78 is 5.33. The topological polar surface area (TPSA) is 69.4 Å². The molecule has 1 aromatic heterocycles. The molecule has 5 nitrogen and oxygen atoms in total. The number of hydrogen-bond acceptors (Lipinski definition) is 5. The molecule has 0 spiro atoms. The van der Waals surface area contributed by atoms with E-state index in [1.165, 1.54) is 35.6 Å². The molecular weight excluding hydrogens is 278 g/mol. The van der Waals surface area contributed by atoms with Gasteiger partial charge < -0.3 is 4.74 Å². The number of nitro benzene ring substituents is 1. The van der Waals surface area contributed by atoms with Crippen molar-refractivity contribution in [1.82, 2.24) is 0 Å². The number of ketones is 1. The average molecular weight is 291 g/mol. The molecule has 0 unspecified atom stereocenters. The Morgan fingerprint density at radius 3 is 2.50 bits per heavy atom. The number of nitro groups is 1. The summed E-state index contributed by atoms with van der Waals surface area (Å²) in [6.07, 6.45) is 0.904. The van der Waals surface area contributed by atoms with Gasteiger partial charge in [0.1, 0.15) is 5.75 Å². The summed E-state index contributed by atoms with van der Waals surface area (Å²) in [6.45, 7) is 1.97. The summed E-state index contributed by atoms with van der Waals surface area (Å²) in [5.74, 6) is 0.351. The number of ether oxygens (including phenoxy) is 1. The van der Waals surface area contributed by atoms with E-state index in [0.29, 0.717) is 10.6 Å². The van der Waals surface area contributed by atoms with Gasteiger partial charge in [-0.05, 0) is 30.7 Å². The van der Waals surface area contributed by atoms with E-state index < -0.39 is 4.92 Å². The molecule has 0 aliphatic carbocycles. The second-order valence-corrected chi connectivity index (χ2v) is 5.25. The maximum absolute atomic E-state index is 11.9. The number of Topliss-reactive ketones (excluding diaryl/α,β-unsaturated/α-hetero) is 1. The number of thiophene rings is 1. The zero-order valence-electron chi connectivity index (χ0n) is 10.9. The van der Waals surface area contributed by atoms with Gasteiger partial charge in [-0.25, -0.2) is 0 Å². The molecule has 20 heavy (non-hydrogen) atoms. The highest BCUT2D eigenvalue weighted by Crippen LogP contribution is 2.20. The fraction of sp³-hybridized carbons (Fsp3) is 0.214.